The van der Waals surface area contributed by atoms with Crippen LogP contribution in [0.15, 0.2) is 42.5 Å². The molecule has 0 aliphatic carbocycles. The predicted octanol–water partition coefficient (Wildman–Crippen LogP) is 4.95. The highest BCUT2D eigenvalue weighted by Crippen LogP contribution is 2.36. The number of benzene rings is 2. The molecule has 0 amide bonds. The highest BCUT2D eigenvalue weighted by atomic mass is 35.5. The van der Waals surface area contributed by atoms with Gasteiger partial charge in [0.05, 0.1) is 16.4 Å². The Morgan fingerprint density at radius 3 is 2.78 bits per heavy atom. The first-order chi connectivity index (χ1) is 11.1. The van der Waals surface area contributed by atoms with Gasteiger partial charge in [0.2, 0.25) is 0 Å². The summed E-state index contributed by atoms with van der Waals surface area (Å²) in [7, 11) is 0. The molecule has 0 spiro atoms. The molecule has 116 valence electrons. The van der Waals surface area contributed by atoms with Crippen molar-refractivity contribution in [1.29, 1.82) is 0 Å². The van der Waals surface area contributed by atoms with Crippen LogP contribution in [0.5, 0.6) is 0 Å². The van der Waals surface area contributed by atoms with Gasteiger partial charge in [-0.3, -0.25) is 0 Å². The number of rotatable bonds is 2. The van der Waals surface area contributed by atoms with E-state index in [1.54, 1.807) is 22.9 Å². The average molecular weight is 348 g/mol. The maximum absolute atomic E-state index is 13.6. The van der Waals surface area contributed by atoms with Crippen LogP contribution in [0.25, 0.3) is 16.9 Å². The summed E-state index contributed by atoms with van der Waals surface area (Å²) in [5.74, 6) is 0.620. The van der Waals surface area contributed by atoms with Gasteiger partial charge in [-0.1, -0.05) is 35.3 Å². The minimum Gasteiger partial charge on any atom is -0.369 e. The lowest BCUT2D eigenvalue weighted by molar-refractivity contribution is 0.628. The van der Waals surface area contributed by atoms with Crippen molar-refractivity contribution in [3.05, 3.63) is 63.9 Å². The van der Waals surface area contributed by atoms with Crippen molar-refractivity contribution in [1.82, 2.24) is 9.78 Å². The van der Waals surface area contributed by atoms with Crippen LogP contribution in [0.2, 0.25) is 10.0 Å². The summed E-state index contributed by atoms with van der Waals surface area (Å²) in [6.07, 6.45) is 0.840. The van der Waals surface area contributed by atoms with E-state index in [2.05, 4.69) is 10.4 Å². The number of anilines is 1. The molecular weight excluding hydrogens is 336 g/mol. The zero-order valence-electron chi connectivity index (χ0n) is 12.0. The Balaban J connectivity index is 1.91. The van der Waals surface area contributed by atoms with Gasteiger partial charge in [0.25, 0.3) is 0 Å². The van der Waals surface area contributed by atoms with Gasteiger partial charge in [-0.2, -0.15) is 5.10 Å². The van der Waals surface area contributed by atoms with Crippen LogP contribution in [0.4, 0.5) is 10.2 Å². The Morgan fingerprint density at radius 2 is 2.00 bits per heavy atom. The van der Waals surface area contributed by atoms with Crippen LogP contribution in [0, 0.1) is 5.82 Å². The lowest BCUT2D eigenvalue weighted by Crippen LogP contribution is -2.04. The summed E-state index contributed by atoms with van der Waals surface area (Å²) < 4.78 is 15.3. The van der Waals surface area contributed by atoms with E-state index < -0.39 is 0 Å². The first kappa shape index (κ1) is 14.5. The van der Waals surface area contributed by atoms with Crippen molar-refractivity contribution in [2.45, 2.75) is 6.42 Å². The van der Waals surface area contributed by atoms with Gasteiger partial charge in [-0.05, 0) is 36.8 Å². The minimum absolute atomic E-state index is 0.277. The van der Waals surface area contributed by atoms with Crippen LogP contribution in [-0.2, 0) is 6.42 Å². The summed E-state index contributed by atoms with van der Waals surface area (Å²) in [6, 6.07) is 11.7. The third-order valence-corrected chi connectivity index (χ3v) is 4.42. The van der Waals surface area contributed by atoms with E-state index in [1.807, 2.05) is 12.1 Å². The van der Waals surface area contributed by atoms with Crippen LogP contribution >= 0.6 is 23.2 Å². The largest absolute Gasteiger partial charge is 0.369 e. The fraction of sp³-hybridized carbons (Fsp3) is 0.118. The van der Waals surface area contributed by atoms with Gasteiger partial charge >= 0.3 is 0 Å². The van der Waals surface area contributed by atoms with Gasteiger partial charge in [0.1, 0.15) is 11.6 Å². The Kier molecular flexibility index (Phi) is 3.51. The first-order valence-electron chi connectivity index (χ1n) is 7.20. The lowest BCUT2D eigenvalue weighted by Gasteiger charge is -2.08. The summed E-state index contributed by atoms with van der Waals surface area (Å²) in [4.78, 5) is 0. The van der Waals surface area contributed by atoms with Gasteiger partial charge in [-0.15, -0.1) is 0 Å². The predicted molar refractivity (Wildman–Crippen MR) is 91.2 cm³/mol. The van der Waals surface area contributed by atoms with E-state index in [0.29, 0.717) is 10.0 Å². The summed E-state index contributed by atoms with van der Waals surface area (Å²) >= 11 is 12.3. The quantitative estimate of drug-likeness (QED) is 0.710. The summed E-state index contributed by atoms with van der Waals surface area (Å²) in [6.45, 7) is 0.820. The van der Waals surface area contributed by atoms with Crippen LogP contribution in [0.3, 0.4) is 0 Å². The number of fused-ring (bicyclic) bond motifs is 1. The summed E-state index contributed by atoms with van der Waals surface area (Å²) in [5, 5.41) is 9.08. The Hall–Kier alpha value is -2.04. The third-order valence-electron chi connectivity index (χ3n) is 3.89. The number of aromatic nitrogens is 2. The highest BCUT2D eigenvalue weighted by Gasteiger charge is 2.24. The number of nitrogens with zero attached hydrogens (tertiary/aromatic N) is 2. The molecule has 0 radical (unpaired) electrons. The molecule has 0 fully saturated rings. The number of nitrogens with one attached hydrogen (secondary N) is 1. The van der Waals surface area contributed by atoms with Gasteiger partial charge < -0.3 is 5.32 Å². The Bertz CT molecular complexity index is 905. The molecule has 6 heteroatoms. The molecule has 1 aliphatic rings. The lowest BCUT2D eigenvalue weighted by atomic mass is 10.1. The molecular formula is C17H12Cl2FN3. The van der Waals surface area contributed by atoms with Gasteiger partial charge in [0, 0.05) is 22.7 Å². The molecule has 2 aromatic carbocycles. The minimum atomic E-state index is -0.277. The van der Waals surface area contributed by atoms with Crippen molar-refractivity contribution in [3.63, 3.8) is 0 Å². The van der Waals surface area contributed by atoms with E-state index in [-0.39, 0.29) is 5.82 Å². The maximum Gasteiger partial charge on any atom is 0.133 e. The molecule has 4 rings (SSSR count). The molecule has 0 bridgehead atoms. The zero-order chi connectivity index (χ0) is 16.0. The van der Waals surface area contributed by atoms with Crippen molar-refractivity contribution in [3.8, 4) is 16.9 Å². The Morgan fingerprint density at radius 1 is 1.13 bits per heavy atom. The number of hydrogen-bond donors (Lipinski definition) is 1. The van der Waals surface area contributed by atoms with Crippen molar-refractivity contribution < 1.29 is 4.39 Å². The molecule has 1 N–H and O–H groups in total. The van der Waals surface area contributed by atoms with Gasteiger partial charge in [-0.25, -0.2) is 9.07 Å². The van der Waals surface area contributed by atoms with Gasteiger partial charge in [0.15, 0.2) is 0 Å². The zero-order valence-corrected chi connectivity index (χ0v) is 13.5. The number of hydrogen-bond acceptors (Lipinski definition) is 2. The molecule has 0 unspecified atom stereocenters. The monoisotopic (exact) mass is 347 g/mol. The molecule has 3 nitrogen and oxygen atoms in total. The second-order valence-electron chi connectivity index (χ2n) is 5.37. The second kappa shape index (κ2) is 5.55. The van der Waals surface area contributed by atoms with Crippen molar-refractivity contribution in [2.24, 2.45) is 0 Å². The van der Waals surface area contributed by atoms with E-state index in [4.69, 9.17) is 23.2 Å². The van der Waals surface area contributed by atoms with Crippen LogP contribution < -0.4 is 5.32 Å². The SMILES string of the molecule is Fc1cccc(-c2nn(-c3ccc(Cl)cc3Cl)c3c2CCN3)c1. The second-order valence-corrected chi connectivity index (χ2v) is 6.21. The van der Waals surface area contributed by atoms with E-state index >= 15 is 0 Å². The molecule has 0 atom stereocenters. The normalized spacial score (nSPS) is 13.0. The maximum atomic E-state index is 13.6. The average Bonchev–Trinajstić information content (AvgIpc) is 3.10. The molecule has 2 heterocycles. The highest BCUT2D eigenvalue weighted by molar-refractivity contribution is 6.35. The third kappa shape index (κ3) is 2.48. The van der Waals surface area contributed by atoms with Crippen LogP contribution in [0.1, 0.15) is 5.56 Å². The van der Waals surface area contributed by atoms with E-state index in [9.17, 15) is 4.39 Å². The topological polar surface area (TPSA) is 29.9 Å². The molecule has 23 heavy (non-hydrogen) atoms. The molecule has 1 aliphatic heterocycles. The van der Waals surface area contributed by atoms with Crippen molar-refractivity contribution in [2.75, 3.05) is 11.9 Å². The standard InChI is InChI=1S/C17H12Cl2FN3/c18-11-4-5-15(14(19)9-11)23-17-13(6-7-21-17)16(22-23)10-2-1-3-12(20)8-10/h1-5,8-9,21H,6-7H2. The summed E-state index contributed by atoms with van der Waals surface area (Å²) in [5.41, 5.74) is 3.34. The molecule has 0 saturated heterocycles. The smallest absolute Gasteiger partial charge is 0.133 e. The fourth-order valence-corrected chi connectivity index (χ4v) is 3.36. The Labute approximate surface area is 142 Å². The van der Waals surface area contributed by atoms with E-state index in [1.165, 1.54) is 12.1 Å². The number of halogens is 3. The molecule has 1 aromatic heterocycles. The van der Waals surface area contributed by atoms with E-state index in [0.717, 1.165) is 41.3 Å². The molecule has 3 aromatic rings. The van der Waals surface area contributed by atoms with Crippen molar-refractivity contribution >= 4 is 29.0 Å². The van der Waals surface area contributed by atoms with Crippen LogP contribution in [-0.4, -0.2) is 16.3 Å². The molecule has 0 saturated carbocycles. The fourth-order valence-electron chi connectivity index (χ4n) is 2.87. The first-order valence-corrected chi connectivity index (χ1v) is 7.96.